The van der Waals surface area contributed by atoms with Crippen LogP contribution in [0.2, 0.25) is 0 Å². The minimum Gasteiger partial charge on any atom is -0.497 e. The molecule has 0 amide bonds. The van der Waals surface area contributed by atoms with E-state index in [0.29, 0.717) is 0 Å². The van der Waals surface area contributed by atoms with Crippen LogP contribution in [-0.4, -0.2) is 12.1 Å². The Kier molecular flexibility index (Phi) is 2.42. The number of aryl methyl sites for hydroxylation is 1. The minimum atomic E-state index is 0.870. The van der Waals surface area contributed by atoms with E-state index in [1.807, 2.05) is 31.3 Å². The average molecular weight is 252 g/mol. The molecule has 3 heteroatoms. The second kappa shape index (κ2) is 3.58. The summed E-state index contributed by atoms with van der Waals surface area (Å²) in [6.45, 7) is 2.03. The molecular formula is C11H10BrNO. The van der Waals surface area contributed by atoms with E-state index in [0.717, 1.165) is 26.7 Å². The van der Waals surface area contributed by atoms with Gasteiger partial charge in [0.25, 0.3) is 0 Å². The highest BCUT2D eigenvalue weighted by Crippen LogP contribution is 2.25. The van der Waals surface area contributed by atoms with Gasteiger partial charge in [-0.1, -0.05) is 0 Å². The van der Waals surface area contributed by atoms with Crippen molar-refractivity contribution in [1.29, 1.82) is 0 Å². The number of nitrogens with zero attached hydrogens (tertiary/aromatic N) is 1. The summed E-state index contributed by atoms with van der Waals surface area (Å²) in [5.74, 6) is 0.870. The maximum Gasteiger partial charge on any atom is 0.119 e. The van der Waals surface area contributed by atoms with Gasteiger partial charge >= 0.3 is 0 Å². The van der Waals surface area contributed by atoms with E-state index in [1.54, 1.807) is 7.11 Å². The molecule has 0 radical (unpaired) electrons. The van der Waals surface area contributed by atoms with Gasteiger partial charge in [0, 0.05) is 16.1 Å². The molecule has 2 nitrogen and oxygen atoms in total. The smallest absolute Gasteiger partial charge is 0.119 e. The Morgan fingerprint density at radius 3 is 2.79 bits per heavy atom. The number of ether oxygens (including phenoxy) is 1. The molecule has 72 valence electrons. The fourth-order valence-corrected chi connectivity index (χ4v) is 1.84. The topological polar surface area (TPSA) is 22.1 Å². The number of methoxy groups -OCH3 is 1. The van der Waals surface area contributed by atoms with Gasteiger partial charge in [-0.05, 0) is 46.6 Å². The second-order valence-corrected chi connectivity index (χ2v) is 4.09. The van der Waals surface area contributed by atoms with E-state index in [9.17, 15) is 0 Å². The molecule has 1 aromatic carbocycles. The Balaban J connectivity index is 2.77. The van der Waals surface area contributed by atoms with E-state index < -0.39 is 0 Å². The van der Waals surface area contributed by atoms with Crippen LogP contribution in [0.5, 0.6) is 5.75 Å². The zero-order chi connectivity index (χ0) is 10.1. The van der Waals surface area contributed by atoms with E-state index in [2.05, 4.69) is 20.9 Å². The molecule has 0 aliphatic rings. The maximum atomic E-state index is 5.20. The van der Waals surface area contributed by atoms with Crippen LogP contribution in [0.25, 0.3) is 10.9 Å². The SMILES string of the molecule is COc1cc(C)c2ncc(Br)cc2c1. The summed E-state index contributed by atoms with van der Waals surface area (Å²) in [6.07, 6.45) is 1.81. The van der Waals surface area contributed by atoms with E-state index >= 15 is 0 Å². The standard InChI is InChI=1S/C11H10BrNO/c1-7-3-10(14-2)5-8-4-9(12)6-13-11(7)8/h3-6H,1-2H3. The summed E-state index contributed by atoms with van der Waals surface area (Å²) >= 11 is 3.40. The largest absolute Gasteiger partial charge is 0.497 e. The first-order valence-electron chi connectivity index (χ1n) is 4.30. The van der Waals surface area contributed by atoms with Crippen molar-refractivity contribution in [3.05, 3.63) is 34.4 Å². The van der Waals surface area contributed by atoms with Gasteiger partial charge in [-0.2, -0.15) is 0 Å². The number of rotatable bonds is 1. The van der Waals surface area contributed by atoms with E-state index in [4.69, 9.17) is 4.74 Å². The number of aromatic nitrogens is 1. The molecule has 1 heterocycles. The van der Waals surface area contributed by atoms with Gasteiger partial charge in [-0.3, -0.25) is 4.98 Å². The Hall–Kier alpha value is -1.09. The Bertz CT molecular complexity index is 482. The van der Waals surface area contributed by atoms with Gasteiger partial charge in [0.15, 0.2) is 0 Å². The van der Waals surface area contributed by atoms with Crippen molar-refractivity contribution >= 4 is 26.8 Å². The molecule has 0 saturated heterocycles. The van der Waals surface area contributed by atoms with Crippen molar-refractivity contribution in [2.45, 2.75) is 6.92 Å². The number of hydrogen-bond donors (Lipinski definition) is 0. The first-order valence-corrected chi connectivity index (χ1v) is 5.10. The molecule has 0 bridgehead atoms. The van der Waals surface area contributed by atoms with Crippen molar-refractivity contribution < 1.29 is 4.74 Å². The minimum absolute atomic E-state index is 0.870. The van der Waals surface area contributed by atoms with Crippen molar-refractivity contribution in [2.24, 2.45) is 0 Å². The molecule has 0 aliphatic heterocycles. The van der Waals surface area contributed by atoms with Crippen LogP contribution in [0, 0.1) is 6.92 Å². The van der Waals surface area contributed by atoms with Gasteiger partial charge in [0.2, 0.25) is 0 Å². The molecular weight excluding hydrogens is 242 g/mol. The molecule has 0 fully saturated rings. The first-order chi connectivity index (χ1) is 6.70. The molecule has 0 aliphatic carbocycles. The van der Waals surface area contributed by atoms with Crippen LogP contribution in [0.1, 0.15) is 5.56 Å². The summed E-state index contributed by atoms with van der Waals surface area (Å²) < 4.78 is 6.18. The van der Waals surface area contributed by atoms with Crippen molar-refractivity contribution in [3.8, 4) is 5.75 Å². The highest BCUT2D eigenvalue weighted by molar-refractivity contribution is 9.10. The molecule has 0 N–H and O–H groups in total. The lowest BCUT2D eigenvalue weighted by Gasteiger charge is -2.05. The highest BCUT2D eigenvalue weighted by atomic mass is 79.9. The fraction of sp³-hybridized carbons (Fsp3) is 0.182. The average Bonchev–Trinajstić information content (AvgIpc) is 2.16. The Morgan fingerprint density at radius 1 is 1.29 bits per heavy atom. The number of hydrogen-bond acceptors (Lipinski definition) is 2. The molecule has 1 aromatic heterocycles. The van der Waals surface area contributed by atoms with Crippen LogP contribution >= 0.6 is 15.9 Å². The number of benzene rings is 1. The third kappa shape index (κ3) is 1.60. The third-order valence-corrected chi connectivity index (χ3v) is 2.58. The molecule has 14 heavy (non-hydrogen) atoms. The summed E-state index contributed by atoms with van der Waals surface area (Å²) in [6, 6.07) is 6.02. The van der Waals surface area contributed by atoms with Crippen LogP contribution in [-0.2, 0) is 0 Å². The Morgan fingerprint density at radius 2 is 2.07 bits per heavy atom. The van der Waals surface area contributed by atoms with Crippen molar-refractivity contribution in [3.63, 3.8) is 0 Å². The maximum absolute atomic E-state index is 5.20. The molecule has 0 unspecified atom stereocenters. The highest BCUT2D eigenvalue weighted by Gasteiger charge is 2.02. The van der Waals surface area contributed by atoms with Gasteiger partial charge in [0.1, 0.15) is 5.75 Å². The predicted octanol–water partition coefficient (Wildman–Crippen LogP) is 3.31. The van der Waals surface area contributed by atoms with Crippen LogP contribution in [0.4, 0.5) is 0 Å². The predicted molar refractivity (Wildman–Crippen MR) is 60.7 cm³/mol. The monoisotopic (exact) mass is 251 g/mol. The molecule has 0 spiro atoms. The lowest BCUT2D eigenvalue weighted by Crippen LogP contribution is -1.87. The summed E-state index contributed by atoms with van der Waals surface area (Å²) in [5.41, 5.74) is 2.15. The second-order valence-electron chi connectivity index (χ2n) is 3.17. The molecule has 0 saturated carbocycles. The lowest BCUT2D eigenvalue weighted by atomic mass is 10.1. The van der Waals surface area contributed by atoms with Gasteiger partial charge < -0.3 is 4.74 Å². The quantitative estimate of drug-likeness (QED) is 0.776. The summed E-state index contributed by atoms with van der Waals surface area (Å²) in [7, 11) is 1.67. The number of fused-ring (bicyclic) bond motifs is 1. The van der Waals surface area contributed by atoms with Crippen molar-refractivity contribution in [2.75, 3.05) is 7.11 Å². The van der Waals surface area contributed by atoms with E-state index in [-0.39, 0.29) is 0 Å². The van der Waals surface area contributed by atoms with Crippen molar-refractivity contribution in [1.82, 2.24) is 4.98 Å². The Labute approximate surface area is 91.0 Å². The fourth-order valence-electron chi connectivity index (χ4n) is 1.49. The van der Waals surface area contributed by atoms with E-state index in [1.165, 1.54) is 0 Å². The summed E-state index contributed by atoms with van der Waals surface area (Å²) in [5, 5.41) is 1.09. The van der Waals surface area contributed by atoms with Gasteiger partial charge in [0.05, 0.1) is 12.6 Å². The molecule has 0 atom stereocenters. The molecule has 2 rings (SSSR count). The zero-order valence-electron chi connectivity index (χ0n) is 8.04. The first kappa shape index (κ1) is 9.46. The van der Waals surface area contributed by atoms with Gasteiger partial charge in [-0.15, -0.1) is 0 Å². The molecule has 2 aromatic rings. The zero-order valence-corrected chi connectivity index (χ0v) is 9.63. The van der Waals surface area contributed by atoms with Crippen LogP contribution in [0.15, 0.2) is 28.9 Å². The number of pyridine rings is 1. The third-order valence-electron chi connectivity index (χ3n) is 2.15. The summed E-state index contributed by atoms with van der Waals surface area (Å²) in [4.78, 5) is 4.35. The lowest BCUT2D eigenvalue weighted by molar-refractivity contribution is 0.415. The number of halogens is 1. The van der Waals surface area contributed by atoms with Gasteiger partial charge in [-0.25, -0.2) is 0 Å². The normalized spacial score (nSPS) is 10.5. The van der Waals surface area contributed by atoms with Crippen LogP contribution in [0.3, 0.4) is 0 Å². The van der Waals surface area contributed by atoms with Crippen LogP contribution < -0.4 is 4.74 Å².